The first-order chi connectivity index (χ1) is 7.82. The summed E-state index contributed by atoms with van der Waals surface area (Å²) in [7, 11) is 0. The second-order valence-corrected chi connectivity index (χ2v) is 6.91. The van der Waals surface area contributed by atoms with E-state index in [2.05, 4.69) is 44.7 Å². The van der Waals surface area contributed by atoms with Crippen LogP contribution in [0.5, 0.6) is 0 Å². The Hall–Kier alpha value is -0.530. The van der Waals surface area contributed by atoms with Gasteiger partial charge < -0.3 is 0 Å². The van der Waals surface area contributed by atoms with Crippen molar-refractivity contribution < 1.29 is 0 Å². The van der Waals surface area contributed by atoms with Gasteiger partial charge in [-0.3, -0.25) is 4.90 Å². The van der Waals surface area contributed by atoms with Crippen molar-refractivity contribution in [2.45, 2.75) is 34.2 Å². The predicted molar refractivity (Wildman–Crippen MR) is 74.3 cm³/mol. The lowest BCUT2D eigenvalue weighted by Gasteiger charge is -2.33. The lowest BCUT2D eigenvalue weighted by molar-refractivity contribution is 0.184. The lowest BCUT2D eigenvalue weighted by Crippen LogP contribution is -2.30. The van der Waals surface area contributed by atoms with Crippen molar-refractivity contribution in [3.63, 3.8) is 0 Å². The highest BCUT2D eigenvalue weighted by Gasteiger charge is 2.45. The van der Waals surface area contributed by atoms with Crippen molar-refractivity contribution in [2.24, 2.45) is 10.8 Å². The molecule has 1 aliphatic heterocycles. The Morgan fingerprint density at radius 2 is 1.59 bits per heavy atom. The van der Waals surface area contributed by atoms with E-state index in [0.29, 0.717) is 10.8 Å². The van der Waals surface area contributed by atoms with Gasteiger partial charge in [0.2, 0.25) is 0 Å². The number of rotatable bonds is 2. The second-order valence-electron chi connectivity index (χ2n) is 6.50. The Bertz CT molecular complexity index is 393. The zero-order valence-corrected chi connectivity index (χ0v) is 12.0. The molecule has 1 heterocycles. The quantitative estimate of drug-likeness (QED) is 0.761. The summed E-state index contributed by atoms with van der Waals surface area (Å²) < 4.78 is 0. The molecule has 0 radical (unpaired) electrons. The minimum atomic E-state index is 0.369. The van der Waals surface area contributed by atoms with Gasteiger partial charge in [0.1, 0.15) is 0 Å². The van der Waals surface area contributed by atoms with E-state index >= 15 is 0 Å². The van der Waals surface area contributed by atoms with E-state index in [-0.39, 0.29) is 0 Å². The van der Waals surface area contributed by atoms with Crippen LogP contribution in [0.2, 0.25) is 5.02 Å². The third-order valence-electron chi connectivity index (χ3n) is 4.42. The van der Waals surface area contributed by atoms with E-state index in [1.807, 2.05) is 12.1 Å². The van der Waals surface area contributed by atoms with Crippen LogP contribution in [0.4, 0.5) is 0 Å². The third-order valence-corrected chi connectivity index (χ3v) is 4.79. The molecule has 1 aliphatic rings. The van der Waals surface area contributed by atoms with E-state index < -0.39 is 0 Å². The summed E-state index contributed by atoms with van der Waals surface area (Å²) in [5, 5.41) is 0.884. The fourth-order valence-electron chi connectivity index (χ4n) is 2.58. The van der Waals surface area contributed by atoms with Crippen molar-refractivity contribution in [2.75, 3.05) is 13.1 Å². The largest absolute Gasteiger partial charge is 0.298 e. The minimum Gasteiger partial charge on any atom is -0.298 e. The Morgan fingerprint density at radius 1 is 1.06 bits per heavy atom. The molecule has 0 saturated carbocycles. The van der Waals surface area contributed by atoms with Crippen molar-refractivity contribution in [1.82, 2.24) is 4.90 Å². The summed E-state index contributed by atoms with van der Waals surface area (Å²) in [5.41, 5.74) is 1.98. The fourth-order valence-corrected chi connectivity index (χ4v) is 2.78. The van der Waals surface area contributed by atoms with Crippen LogP contribution in [0.1, 0.15) is 33.3 Å². The summed E-state index contributed by atoms with van der Waals surface area (Å²) in [6.45, 7) is 12.7. The number of nitrogens with zero attached hydrogens (tertiary/aromatic N) is 1. The molecule has 0 N–H and O–H groups in total. The standard InChI is InChI=1S/C15H22ClN/c1-14(2)10-17(11-15(14,3)4)9-12-7-5-6-8-13(12)16/h5-8H,9-11H2,1-4H3. The van der Waals surface area contributed by atoms with Gasteiger partial charge >= 0.3 is 0 Å². The van der Waals surface area contributed by atoms with Crippen molar-refractivity contribution in [3.8, 4) is 0 Å². The summed E-state index contributed by atoms with van der Waals surface area (Å²) in [5.74, 6) is 0. The van der Waals surface area contributed by atoms with Gasteiger partial charge in [0, 0.05) is 24.7 Å². The van der Waals surface area contributed by atoms with Gasteiger partial charge in [-0.1, -0.05) is 57.5 Å². The maximum atomic E-state index is 6.22. The van der Waals surface area contributed by atoms with E-state index in [1.54, 1.807) is 0 Å². The first-order valence-corrected chi connectivity index (χ1v) is 6.65. The van der Waals surface area contributed by atoms with Gasteiger partial charge in [-0.15, -0.1) is 0 Å². The molecule has 0 atom stereocenters. The molecule has 1 aromatic rings. The normalized spacial score (nSPS) is 22.9. The molecule has 0 aliphatic carbocycles. The van der Waals surface area contributed by atoms with Crippen LogP contribution in [-0.4, -0.2) is 18.0 Å². The monoisotopic (exact) mass is 251 g/mol. The van der Waals surface area contributed by atoms with Crippen LogP contribution in [0.3, 0.4) is 0 Å². The average Bonchev–Trinajstić information content (AvgIpc) is 2.39. The highest BCUT2D eigenvalue weighted by Crippen LogP contribution is 2.45. The average molecular weight is 252 g/mol. The van der Waals surface area contributed by atoms with Crippen LogP contribution < -0.4 is 0 Å². The van der Waals surface area contributed by atoms with Crippen LogP contribution >= 0.6 is 11.6 Å². The van der Waals surface area contributed by atoms with E-state index in [4.69, 9.17) is 11.6 Å². The molecular weight excluding hydrogens is 230 g/mol. The maximum Gasteiger partial charge on any atom is 0.0451 e. The number of likely N-dealkylation sites (tertiary alicyclic amines) is 1. The van der Waals surface area contributed by atoms with E-state index in [1.165, 1.54) is 5.56 Å². The zero-order valence-electron chi connectivity index (χ0n) is 11.3. The van der Waals surface area contributed by atoms with Gasteiger partial charge in [-0.2, -0.15) is 0 Å². The summed E-state index contributed by atoms with van der Waals surface area (Å²) >= 11 is 6.22. The Labute approximate surface area is 110 Å². The molecule has 0 aromatic heterocycles. The minimum absolute atomic E-state index is 0.369. The highest BCUT2D eigenvalue weighted by molar-refractivity contribution is 6.31. The molecule has 0 spiro atoms. The zero-order chi connectivity index (χ0) is 12.7. The molecule has 0 amide bonds. The Balaban J connectivity index is 2.11. The SMILES string of the molecule is CC1(C)CN(Cc2ccccc2Cl)CC1(C)C. The molecule has 94 valence electrons. The molecule has 17 heavy (non-hydrogen) atoms. The summed E-state index contributed by atoms with van der Waals surface area (Å²) in [4.78, 5) is 2.52. The topological polar surface area (TPSA) is 3.24 Å². The number of hydrogen-bond acceptors (Lipinski definition) is 1. The van der Waals surface area contributed by atoms with Crippen LogP contribution in [0, 0.1) is 10.8 Å². The number of halogens is 1. The molecule has 1 fully saturated rings. The third kappa shape index (κ3) is 2.51. The molecule has 2 heteroatoms. The lowest BCUT2D eigenvalue weighted by atomic mass is 9.71. The van der Waals surface area contributed by atoms with E-state index in [9.17, 15) is 0 Å². The molecule has 2 rings (SSSR count). The summed E-state index contributed by atoms with van der Waals surface area (Å²) in [6.07, 6.45) is 0. The molecule has 0 unspecified atom stereocenters. The first kappa shape index (κ1) is 12.9. The van der Waals surface area contributed by atoms with Gasteiger partial charge in [-0.05, 0) is 22.5 Å². The second kappa shape index (κ2) is 4.29. The first-order valence-electron chi connectivity index (χ1n) is 6.28. The van der Waals surface area contributed by atoms with Gasteiger partial charge in [0.15, 0.2) is 0 Å². The number of benzene rings is 1. The Kier molecular flexibility index (Phi) is 3.26. The van der Waals surface area contributed by atoms with Crippen molar-refractivity contribution >= 4 is 11.6 Å². The van der Waals surface area contributed by atoms with Crippen LogP contribution in [0.25, 0.3) is 0 Å². The van der Waals surface area contributed by atoms with Gasteiger partial charge in [0.05, 0.1) is 0 Å². The van der Waals surface area contributed by atoms with Crippen LogP contribution in [-0.2, 0) is 6.54 Å². The molecular formula is C15H22ClN. The molecule has 0 bridgehead atoms. The highest BCUT2D eigenvalue weighted by atomic mass is 35.5. The molecule has 1 nitrogen and oxygen atoms in total. The van der Waals surface area contributed by atoms with Crippen molar-refractivity contribution in [3.05, 3.63) is 34.9 Å². The van der Waals surface area contributed by atoms with Crippen molar-refractivity contribution in [1.29, 1.82) is 0 Å². The number of hydrogen-bond donors (Lipinski definition) is 0. The Morgan fingerprint density at radius 3 is 2.12 bits per heavy atom. The van der Waals surface area contributed by atoms with Gasteiger partial charge in [-0.25, -0.2) is 0 Å². The van der Waals surface area contributed by atoms with Crippen LogP contribution in [0.15, 0.2) is 24.3 Å². The smallest absolute Gasteiger partial charge is 0.0451 e. The predicted octanol–water partition coefficient (Wildman–Crippen LogP) is 4.21. The summed E-state index contributed by atoms with van der Waals surface area (Å²) in [6, 6.07) is 8.15. The molecule has 1 aromatic carbocycles. The van der Waals surface area contributed by atoms with Gasteiger partial charge in [0.25, 0.3) is 0 Å². The molecule has 1 saturated heterocycles. The fraction of sp³-hybridized carbons (Fsp3) is 0.600. The maximum absolute atomic E-state index is 6.22. The van der Waals surface area contributed by atoms with E-state index in [0.717, 1.165) is 24.7 Å².